The smallest absolute Gasteiger partial charge is 0.456 e. The number of hydrogen-bond acceptors (Lipinski definition) is 5. The lowest BCUT2D eigenvalue weighted by molar-refractivity contribution is 0.00692. The van der Waals surface area contributed by atoms with E-state index in [2.05, 4.69) is 4.18 Å². The van der Waals surface area contributed by atoms with Gasteiger partial charge in [-0.15, -0.1) is 5.46 Å². The molecule has 0 aliphatic carbocycles. The third kappa shape index (κ3) is 5.74. The van der Waals surface area contributed by atoms with Crippen LogP contribution in [0.1, 0.15) is 36.7 Å². The maximum atomic E-state index is 13.1. The zero-order chi connectivity index (χ0) is 18.2. The van der Waals surface area contributed by atoms with Crippen molar-refractivity contribution in [2.24, 2.45) is 0 Å². The summed E-state index contributed by atoms with van der Waals surface area (Å²) in [6, 6.07) is 1.20. The van der Waals surface area contributed by atoms with Gasteiger partial charge >= 0.3 is 23.5 Å². The van der Waals surface area contributed by atoms with Crippen LogP contribution in [0.2, 0.25) is 0 Å². The third-order valence-electron chi connectivity index (χ3n) is 2.58. The number of halogens is 4. The summed E-state index contributed by atoms with van der Waals surface area (Å²) in [5.74, 6) is -2.05. The van der Waals surface area contributed by atoms with Crippen LogP contribution in [-0.2, 0) is 15.2 Å². The average Bonchev–Trinajstić information content (AvgIpc) is 2.25. The summed E-state index contributed by atoms with van der Waals surface area (Å²) in [5.41, 5.74) is -3.50. The fourth-order valence-electron chi connectivity index (χ4n) is 1.70. The van der Waals surface area contributed by atoms with Gasteiger partial charge in [0.2, 0.25) is 0 Å². The lowest BCUT2D eigenvalue weighted by Crippen LogP contribution is -2.37. The molecule has 0 radical (unpaired) electrons. The highest BCUT2D eigenvalue weighted by Crippen LogP contribution is 2.25. The molecule has 11 heteroatoms. The van der Waals surface area contributed by atoms with Gasteiger partial charge in [0.1, 0.15) is 11.4 Å². The number of benzene rings is 1. The summed E-state index contributed by atoms with van der Waals surface area (Å²) >= 11 is 0. The lowest BCUT2D eigenvalue weighted by Gasteiger charge is -2.23. The number of ether oxygens (including phenoxy) is 1. The van der Waals surface area contributed by atoms with Crippen molar-refractivity contribution in [3.8, 4) is 5.75 Å². The van der Waals surface area contributed by atoms with Crippen molar-refractivity contribution >= 4 is 28.9 Å². The molecule has 0 aromatic heterocycles. The Morgan fingerprint density at radius 2 is 1.70 bits per heavy atom. The molecule has 1 aromatic rings. The molecule has 0 bridgehead atoms. The van der Waals surface area contributed by atoms with Gasteiger partial charge in [0.15, 0.2) is 0 Å². The van der Waals surface area contributed by atoms with Crippen LogP contribution >= 0.6 is 0 Å². The first-order chi connectivity index (χ1) is 10.1. The molecule has 0 amide bonds. The van der Waals surface area contributed by atoms with E-state index in [1.165, 1.54) is 20.8 Å². The van der Waals surface area contributed by atoms with Crippen LogP contribution in [0.15, 0.2) is 12.1 Å². The van der Waals surface area contributed by atoms with Gasteiger partial charge < -0.3 is 21.9 Å². The molecule has 23 heavy (non-hydrogen) atoms. The van der Waals surface area contributed by atoms with Gasteiger partial charge in [-0.3, -0.25) is 0 Å². The minimum absolute atomic E-state index is 0.515. The molecule has 0 aliphatic rings. The molecule has 5 nitrogen and oxygen atoms in total. The largest absolute Gasteiger partial charge is 0.510 e. The van der Waals surface area contributed by atoms with E-state index in [4.69, 9.17) is 4.74 Å². The zero-order valence-electron chi connectivity index (χ0n) is 12.7. The van der Waals surface area contributed by atoms with Crippen molar-refractivity contribution in [3.05, 3.63) is 23.3 Å². The van der Waals surface area contributed by atoms with Crippen LogP contribution in [0.5, 0.6) is 5.75 Å². The minimum atomic E-state index is -5.59. The van der Waals surface area contributed by atoms with Crippen LogP contribution in [0.3, 0.4) is 0 Å². The van der Waals surface area contributed by atoms with E-state index in [0.29, 0.717) is 12.1 Å². The third-order valence-corrected chi connectivity index (χ3v) is 2.96. The van der Waals surface area contributed by atoms with Crippen molar-refractivity contribution in [3.63, 3.8) is 0 Å². The molecule has 130 valence electrons. The maximum absolute atomic E-state index is 13.1. The molecule has 0 aliphatic heterocycles. The summed E-state index contributed by atoms with van der Waals surface area (Å²) in [5, 5.41) is 0. The number of carbonyl (C=O) groups excluding carboxylic acids is 1. The van der Waals surface area contributed by atoms with Gasteiger partial charge in [0.25, 0.3) is 0 Å². The maximum Gasteiger partial charge on any atom is 0.510 e. The van der Waals surface area contributed by atoms with E-state index in [0.717, 1.165) is 6.92 Å². The highest BCUT2D eigenvalue weighted by atomic mass is 32.3. The van der Waals surface area contributed by atoms with Gasteiger partial charge in [-0.1, -0.05) is 9.95 Å². The van der Waals surface area contributed by atoms with Gasteiger partial charge in [-0.2, -0.15) is 8.42 Å². The Labute approximate surface area is 131 Å². The SMILES string of the molecule is Cc1c(OS(=O)(=O)F)cc(C(=O)OC(C)(C)C)cc1[B-](F)(F)F. The molecule has 0 heterocycles. The van der Waals surface area contributed by atoms with Gasteiger partial charge in [-0.25, -0.2) is 4.79 Å². The predicted octanol–water partition coefficient (Wildman–Crippen LogP) is 2.60. The molecular weight excluding hydrogens is 343 g/mol. The van der Waals surface area contributed by atoms with E-state index in [-0.39, 0.29) is 0 Å². The summed E-state index contributed by atoms with van der Waals surface area (Å²) < 4.78 is 81.7. The second kappa shape index (κ2) is 6.02. The van der Waals surface area contributed by atoms with Crippen molar-refractivity contribution in [1.82, 2.24) is 0 Å². The zero-order valence-corrected chi connectivity index (χ0v) is 13.5. The van der Waals surface area contributed by atoms with E-state index in [1.807, 2.05) is 0 Å². The second-order valence-electron chi connectivity index (χ2n) is 5.74. The highest BCUT2D eigenvalue weighted by molar-refractivity contribution is 7.81. The number of carbonyl (C=O) groups is 1. The molecular formula is C12H14BF4O5S-. The van der Waals surface area contributed by atoms with Crippen LogP contribution < -0.4 is 9.65 Å². The topological polar surface area (TPSA) is 69.7 Å². The number of esters is 1. The molecule has 0 N–H and O–H groups in total. The standard InChI is InChI=1S/C12H14BF4O5S/c1-7-9(13(14,15)16)5-8(11(18)21-12(2,3)4)6-10(7)22-23(17,19)20/h5-6H,1-4H3/q-1. The molecule has 0 saturated carbocycles. The van der Waals surface area contributed by atoms with E-state index < -0.39 is 51.4 Å². The first-order valence-electron chi connectivity index (χ1n) is 6.32. The summed E-state index contributed by atoms with van der Waals surface area (Å²) in [6.45, 7) is -0.190. The first kappa shape index (κ1) is 19.3. The Morgan fingerprint density at radius 3 is 2.09 bits per heavy atom. The number of hydrogen-bond donors (Lipinski definition) is 0. The van der Waals surface area contributed by atoms with Crippen molar-refractivity contribution in [2.45, 2.75) is 33.3 Å². The molecule has 0 fully saturated rings. The van der Waals surface area contributed by atoms with E-state index in [1.54, 1.807) is 0 Å². The molecule has 0 saturated heterocycles. The predicted molar refractivity (Wildman–Crippen MR) is 75.7 cm³/mol. The van der Waals surface area contributed by atoms with Crippen molar-refractivity contribution in [1.29, 1.82) is 0 Å². The Balaban J connectivity index is 3.49. The normalized spacial score (nSPS) is 12.9. The van der Waals surface area contributed by atoms with Gasteiger partial charge in [0, 0.05) is 0 Å². The van der Waals surface area contributed by atoms with Crippen molar-refractivity contribution < 1.29 is 39.0 Å². The van der Waals surface area contributed by atoms with Crippen LogP contribution in [-0.4, -0.2) is 27.0 Å². The summed E-state index contributed by atoms with van der Waals surface area (Å²) in [6.07, 6.45) is 0. The Hall–Kier alpha value is -1.78. The minimum Gasteiger partial charge on any atom is -0.456 e. The Kier molecular flexibility index (Phi) is 5.05. The quantitative estimate of drug-likeness (QED) is 0.359. The van der Waals surface area contributed by atoms with E-state index in [9.17, 15) is 30.0 Å². The van der Waals surface area contributed by atoms with Crippen LogP contribution in [0.25, 0.3) is 0 Å². The van der Waals surface area contributed by atoms with Crippen LogP contribution in [0, 0.1) is 6.92 Å². The summed E-state index contributed by atoms with van der Waals surface area (Å²) in [4.78, 5) is 11.9. The fraction of sp³-hybridized carbons (Fsp3) is 0.417. The highest BCUT2D eigenvalue weighted by Gasteiger charge is 2.31. The van der Waals surface area contributed by atoms with Crippen LogP contribution in [0.4, 0.5) is 16.8 Å². The second-order valence-corrected chi connectivity index (χ2v) is 6.69. The monoisotopic (exact) mass is 357 g/mol. The van der Waals surface area contributed by atoms with E-state index >= 15 is 0 Å². The summed E-state index contributed by atoms with van der Waals surface area (Å²) in [7, 11) is -5.55. The molecule has 0 unspecified atom stereocenters. The van der Waals surface area contributed by atoms with Gasteiger partial charge in [0.05, 0.1) is 5.56 Å². The molecule has 1 aromatic carbocycles. The molecule has 0 spiro atoms. The number of rotatable bonds is 4. The Morgan fingerprint density at radius 1 is 1.17 bits per heavy atom. The first-order valence-corrected chi connectivity index (χ1v) is 7.63. The fourth-order valence-corrected chi connectivity index (χ4v) is 2.09. The molecule has 0 atom stereocenters. The van der Waals surface area contributed by atoms with Gasteiger partial charge in [-0.05, 0) is 39.3 Å². The Bertz CT molecular complexity index is 722. The average molecular weight is 357 g/mol. The van der Waals surface area contributed by atoms with Crippen molar-refractivity contribution in [2.75, 3.05) is 0 Å². The molecule has 1 rings (SSSR count). The lowest BCUT2D eigenvalue weighted by atomic mass is 9.76.